The van der Waals surface area contributed by atoms with Gasteiger partial charge in [0.2, 0.25) is 5.91 Å². The van der Waals surface area contributed by atoms with Crippen molar-refractivity contribution in [1.82, 2.24) is 9.97 Å². The highest BCUT2D eigenvalue weighted by molar-refractivity contribution is 8.00. The van der Waals surface area contributed by atoms with E-state index in [9.17, 15) is 9.59 Å². The molecule has 0 aliphatic carbocycles. The molecule has 5 nitrogen and oxygen atoms in total. The molecule has 3 aromatic rings. The molecular formula is C19H21N3O2S2. The Bertz CT molecular complexity index is 1030. The molecule has 3 rings (SSSR count). The van der Waals surface area contributed by atoms with Crippen molar-refractivity contribution in [2.24, 2.45) is 0 Å². The molecule has 0 radical (unpaired) electrons. The number of aromatic nitrogens is 2. The fourth-order valence-electron chi connectivity index (χ4n) is 2.91. The zero-order valence-electron chi connectivity index (χ0n) is 15.4. The zero-order chi connectivity index (χ0) is 19.0. The van der Waals surface area contributed by atoms with Crippen LogP contribution in [0.15, 0.2) is 28.2 Å². The third kappa shape index (κ3) is 3.83. The van der Waals surface area contributed by atoms with E-state index in [4.69, 9.17) is 0 Å². The quantitative estimate of drug-likeness (QED) is 0.516. The smallest absolute Gasteiger partial charge is 0.260 e. The van der Waals surface area contributed by atoms with E-state index >= 15 is 0 Å². The van der Waals surface area contributed by atoms with Gasteiger partial charge >= 0.3 is 0 Å². The molecule has 2 N–H and O–H groups in total. The largest absolute Gasteiger partial charge is 0.325 e. The van der Waals surface area contributed by atoms with Gasteiger partial charge in [0.05, 0.1) is 10.6 Å². The van der Waals surface area contributed by atoms with E-state index < -0.39 is 5.25 Å². The number of carbonyl (C=O) groups is 1. The Hall–Kier alpha value is -2.12. The summed E-state index contributed by atoms with van der Waals surface area (Å²) in [6, 6.07) is 5.93. The molecule has 0 fully saturated rings. The van der Waals surface area contributed by atoms with Crippen LogP contribution in [0.5, 0.6) is 0 Å². The third-order valence-electron chi connectivity index (χ3n) is 4.09. The Morgan fingerprint density at radius 3 is 2.50 bits per heavy atom. The minimum Gasteiger partial charge on any atom is -0.325 e. The van der Waals surface area contributed by atoms with Crippen LogP contribution in [0.1, 0.15) is 28.5 Å². The van der Waals surface area contributed by atoms with Crippen LogP contribution in [0.2, 0.25) is 0 Å². The SMILES string of the molecule is Cc1cc(C)c(NC(=O)C(C)Sc2nc3sc(C)cc3c(=O)[nH]2)c(C)c1. The third-order valence-corrected chi connectivity index (χ3v) is 6.02. The lowest BCUT2D eigenvalue weighted by molar-refractivity contribution is -0.115. The van der Waals surface area contributed by atoms with E-state index in [1.54, 1.807) is 0 Å². The van der Waals surface area contributed by atoms with Crippen molar-refractivity contribution in [1.29, 1.82) is 0 Å². The minimum atomic E-state index is -0.392. The maximum absolute atomic E-state index is 12.6. The number of thiophene rings is 1. The molecule has 26 heavy (non-hydrogen) atoms. The number of carbonyl (C=O) groups excluding carboxylic acids is 1. The number of aryl methyl sites for hydroxylation is 4. The average molecular weight is 388 g/mol. The van der Waals surface area contributed by atoms with Crippen molar-refractivity contribution >= 4 is 44.9 Å². The summed E-state index contributed by atoms with van der Waals surface area (Å²) in [5.41, 5.74) is 3.92. The lowest BCUT2D eigenvalue weighted by Crippen LogP contribution is -2.24. The summed E-state index contributed by atoms with van der Waals surface area (Å²) in [6.45, 7) is 9.76. The van der Waals surface area contributed by atoms with E-state index in [1.807, 2.05) is 52.8 Å². The standard InChI is InChI=1S/C19H21N3O2S2/c1-9-6-10(2)15(11(3)7-9)20-16(23)13(5)26-19-21-17(24)14-8-12(4)25-18(14)22-19/h6-8,13H,1-5H3,(H,20,23)(H,21,22,24). The number of fused-ring (bicyclic) bond motifs is 1. The summed E-state index contributed by atoms with van der Waals surface area (Å²) in [6.07, 6.45) is 0. The molecule has 7 heteroatoms. The molecule has 0 aliphatic heterocycles. The van der Waals surface area contributed by atoms with Crippen LogP contribution in [0.4, 0.5) is 5.69 Å². The number of amides is 1. The number of nitrogens with zero attached hydrogens (tertiary/aromatic N) is 1. The normalized spacial score (nSPS) is 12.3. The van der Waals surface area contributed by atoms with Crippen LogP contribution >= 0.6 is 23.1 Å². The predicted octanol–water partition coefficient (Wildman–Crippen LogP) is 4.34. The van der Waals surface area contributed by atoms with Gasteiger partial charge in [0.15, 0.2) is 5.16 Å². The van der Waals surface area contributed by atoms with Crippen molar-refractivity contribution in [3.05, 3.63) is 50.1 Å². The maximum atomic E-state index is 12.6. The molecule has 1 unspecified atom stereocenters. The van der Waals surface area contributed by atoms with E-state index in [-0.39, 0.29) is 11.5 Å². The van der Waals surface area contributed by atoms with Gasteiger partial charge in [-0.1, -0.05) is 29.5 Å². The van der Waals surface area contributed by atoms with Gasteiger partial charge in [-0.15, -0.1) is 11.3 Å². The van der Waals surface area contributed by atoms with Crippen LogP contribution in [-0.4, -0.2) is 21.1 Å². The summed E-state index contributed by atoms with van der Waals surface area (Å²) < 4.78 is 0. The topological polar surface area (TPSA) is 74.8 Å². The fraction of sp³-hybridized carbons (Fsp3) is 0.316. The first-order valence-electron chi connectivity index (χ1n) is 8.30. The van der Waals surface area contributed by atoms with Crippen LogP contribution in [0, 0.1) is 27.7 Å². The Labute approximate surface area is 160 Å². The monoisotopic (exact) mass is 387 g/mol. The number of H-pyrrole nitrogens is 1. The average Bonchev–Trinajstić information content (AvgIpc) is 2.91. The van der Waals surface area contributed by atoms with Gasteiger partial charge in [-0.05, 0) is 51.8 Å². The van der Waals surface area contributed by atoms with Crippen LogP contribution < -0.4 is 10.9 Å². The summed E-state index contributed by atoms with van der Waals surface area (Å²) in [5.74, 6) is -0.116. The van der Waals surface area contributed by atoms with E-state index in [2.05, 4.69) is 15.3 Å². The van der Waals surface area contributed by atoms with Gasteiger partial charge in [-0.25, -0.2) is 4.98 Å². The Morgan fingerprint density at radius 2 is 1.85 bits per heavy atom. The summed E-state index contributed by atoms with van der Waals surface area (Å²) in [5, 5.41) is 3.67. The molecule has 0 aliphatic rings. The van der Waals surface area contributed by atoms with Gasteiger partial charge < -0.3 is 10.3 Å². The molecule has 2 aromatic heterocycles. The van der Waals surface area contributed by atoms with Crippen molar-refractivity contribution in [3.8, 4) is 0 Å². The van der Waals surface area contributed by atoms with Gasteiger partial charge in [-0.3, -0.25) is 9.59 Å². The molecule has 0 saturated carbocycles. The van der Waals surface area contributed by atoms with Crippen molar-refractivity contribution in [2.45, 2.75) is 45.0 Å². The minimum absolute atomic E-state index is 0.116. The first-order chi connectivity index (χ1) is 12.2. The second-order valence-corrected chi connectivity index (χ2v) is 9.03. The number of nitrogens with one attached hydrogen (secondary N) is 2. The molecule has 1 amide bonds. The summed E-state index contributed by atoms with van der Waals surface area (Å²) >= 11 is 2.73. The van der Waals surface area contributed by atoms with Gasteiger partial charge in [0, 0.05) is 10.6 Å². The number of thioether (sulfide) groups is 1. The van der Waals surface area contributed by atoms with Crippen molar-refractivity contribution in [3.63, 3.8) is 0 Å². The second-order valence-electron chi connectivity index (χ2n) is 6.47. The second kappa shape index (κ2) is 7.25. The lowest BCUT2D eigenvalue weighted by Gasteiger charge is -2.15. The number of hydrogen-bond donors (Lipinski definition) is 2. The van der Waals surface area contributed by atoms with Crippen LogP contribution in [0.25, 0.3) is 10.2 Å². The molecule has 1 atom stereocenters. The number of benzene rings is 1. The van der Waals surface area contributed by atoms with Crippen molar-refractivity contribution in [2.75, 3.05) is 5.32 Å². The molecular weight excluding hydrogens is 366 g/mol. The summed E-state index contributed by atoms with van der Waals surface area (Å²) in [4.78, 5) is 33.8. The van der Waals surface area contributed by atoms with Crippen LogP contribution in [-0.2, 0) is 4.79 Å². The lowest BCUT2D eigenvalue weighted by atomic mass is 10.1. The zero-order valence-corrected chi connectivity index (χ0v) is 17.0. The number of anilines is 1. The predicted molar refractivity (Wildman–Crippen MR) is 110 cm³/mol. The van der Waals surface area contributed by atoms with E-state index in [1.165, 1.54) is 28.7 Å². The first-order valence-corrected chi connectivity index (χ1v) is 10.00. The summed E-state index contributed by atoms with van der Waals surface area (Å²) in [7, 11) is 0. The van der Waals surface area contributed by atoms with Crippen molar-refractivity contribution < 1.29 is 4.79 Å². The Balaban J connectivity index is 1.79. The molecule has 0 saturated heterocycles. The highest BCUT2D eigenvalue weighted by atomic mass is 32.2. The fourth-order valence-corrected chi connectivity index (χ4v) is 4.65. The number of aromatic amines is 1. The maximum Gasteiger partial charge on any atom is 0.260 e. The van der Waals surface area contributed by atoms with E-state index in [0.717, 1.165) is 21.7 Å². The first kappa shape index (κ1) is 18.7. The molecule has 1 aromatic carbocycles. The molecule has 136 valence electrons. The van der Waals surface area contributed by atoms with E-state index in [0.29, 0.717) is 15.4 Å². The highest BCUT2D eigenvalue weighted by Gasteiger charge is 2.18. The van der Waals surface area contributed by atoms with Crippen LogP contribution in [0.3, 0.4) is 0 Å². The number of rotatable bonds is 4. The Kier molecular flexibility index (Phi) is 5.20. The Morgan fingerprint density at radius 1 is 1.19 bits per heavy atom. The number of hydrogen-bond acceptors (Lipinski definition) is 5. The van der Waals surface area contributed by atoms with Gasteiger partial charge in [0.25, 0.3) is 5.56 Å². The highest BCUT2D eigenvalue weighted by Crippen LogP contribution is 2.27. The van der Waals surface area contributed by atoms with Gasteiger partial charge in [0.1, 0.15) is 4.83 Å². The molecule has 0 spiro atoms. The molecule has 2 heterocycles. The van der Waals surface area contributed by atoms with Gasteiger partial charge in [-0.2, -0.15) is 0 Å². The molecule has 0 bridgehead atoms.